The number of nitrogens with one attached hydrogen (secondary N) is 2. The number of para-hydroxylation sites is 1. The number of H-pyrrole nitrogens is 1. The fraction of sp³-hybridized carbons (Fsp3) is 0.353. The maximum atomic E-state index is 13.9. The van der Waals surface area contributed by atoms with Crippen LogP contribution in [0, 0.1) is 0 Å². The maximum absolute atomic E-state index is 13.9. The third-order valence-corrected chi connectivity index (χ3v) is 8.12. The highest BCUT2D eigenvalue weighted by Crippen LogP contribution is 2.31. The molecule has 45 heavy (non-hydrogen) atoms. The van der Waals surface area contributed by atoms with Crippen LogP contribution in [0.15, 0.2) is 77.6 Å². The number of alkyl halides is 3. The molecule has 2 N–H and O–H groups in total. The van der Waals surface area contributed by atoms with Crippen LogP contribution in [-0.4, -0.2) is 63.1 Å². The van der Waals surface area contributed by atoms with Gasteiger partial charge in [0.05, 0.1) is 30.2 Å². The summed E-state index contributed by atoms with van der Waals surface area (Å²) in [5.41, 5.74) is 2.46. The molecule has 5 aromatic rings. The van der Waals surface area contributed by atoms with Crippen molar-refractivity contribution in [3.05, 3.63) is 106 Å². The summed E-state index contributed by atoms with van der Waals surface area (Å²) in [5, 5.41) is 9.21. The van der Waals surface area contributed by atoms with Gasteiger partial charge >= 0.3 is 11.9 Å². The number of aromatic nitrogens is 4. The van der Waals surface area contributed by atoms with Gasteiger partial charge in [-0.1, -0.05) is 36.4 Å². The molecule has 0 amide bonds. The Morgan fingerprint density at radius 1 is 0.933 bits per heavy atom. The first-order valence-corrected chi connectivity index (χ1v) is 15.3. The SMILES string of the molecule is CC(C)Nc1[nH]c2ccccc2c1CCc1nn(-c2ccc(CCN3CCOCC3)cc2)c(=O)n1-c1cccc(C(F)(F)F)c1. The molecule has 1 fully saturated rings. The second kappa shape index (κ2) is 12.9. The topological polar surface area (TPSA) is 80.1 Å². The van der Waals surface area contributed by atoms with Gasteiger partial charge in [-0.2, -0.15) is 17.9 Å². The minimum atomic E-state index is -4.55. The van der Waals surface area contributed by atoms with Crippen LogP contribution in [0.5, 0.6) is 0 Å². The minimum absolute atomic E-state index is 0.123. The summed E-state index contributed by atoms with van der Waals surface area (Å²) in [4.78, 5) is 19.7. The molecule has 8 nitrogen and oxygen atoms in total. The number of aromatic amines is 1. The number of nitrogens with zero attached hydrogens (tertiary/aromatic N) is 4. The van der Waals surface area contributed by atoms with Gasteiger partial charge in [-0.15, -0.1) is 5.10 Å². The van der Waals surface area contributed by atoms with Crippen LogP contribution in [-0.2, 0) is 30.2 Å². The number of halogens is 3. The highest BCUT2D eigenvalue weighted by molar-refractivity contribution is 5.88. The summed E-state index contributed by atoms with van der Waals surface area (Å²) in [7, 11) is 0. The van der Waals surface area contributed by atoms with Crippen LogP contribution in [0.4, 0.5) is 19.0 Å². The van der Waals surface area contributed by atoms with E-state index >= 15 is 0 Å². The Bertz CT molecular complexity index is 1810. The van der Waals surface area contributed by atoms with Crippen molar-refractivity contribution >= 4 is 16.7 Å². The zero-order chi connectivity index (χ0) is 31.6. The first-order chi connectivity index (χ1) is 21.7. The van der Waals surface area contributed by atoms with Gasteiger partial charge in [0.2, 0.25) is 0 Å². The van der Waals surface area contributed by atoms with E-state index in [2.05, 4.69) is 29.0 Å². The largest absolute Gasteiger partial charge is 0.416 e. The first kappa shape index (κ1) is 30.7. The van der Waals surface area contributed by atoms with E-state index < -0.39 is 17.4 Å². The number of aryl methyl sites for hydroxylation is 2. The summed E-state index contributed by atoms with van der Waals surface area (Å²) >= 11 is 0. The molecule has 11 heteroatoms. The second-order valence-corrected chi connectivity index (χ2v) is 11.7. The number of anilines is 1. The molecule has 2 aromatic heterocycles. The van der Waals surface area contributed by atoms with E-state index in [0.29, 0.717) is 24.4 Å². The lowest BCUT2D eigenvalue weighted by Gasteiger charge is -2.26. The molecule has 1 aliphatic rings. The van der Waals surface area contributed by atoms with E-state index in [1.807, 2.05) is 48.5 Å². The van der Waals surface area contributed by atoms with Crippen LogP contribution >= 0.6 is 0 Å². The molecule has 0 bridgehead atoms. The molecular formula is C34H37F3N6O2. The van der Waals surface area contributed by atoms with Crippen molar-refractivity contribution in [2.45, 2.75) is 45.3 Å². The van der Waals surface area contributed by atoms with E-state index in [0.717, 1.165) is 79.2 Å². The van der Waals surface area contributed by atoms with Crippen molar-refractivity contribution in [2.75, 3.05) is 38.2 Å². The van der Waals surface area contributed by atoms with E-state index in [-0.39, 0.29) is 11.7 Å². The summed E-state index contributed by atoms with van der Waals surface area (Å²) in [6, 6.07) is 20.6. The Balaban J connectivity index is 1.34. The molecule has 0 aliphatic carbocycles. The Labute approximate surface area is 259 Å². The van der Waals surface area contributed by atoms with Gasteiger partial charge in [-0.3, -0.25) is 4.90 Å². The minimum Gasteiger partial charge on any atom is -0.379 e. The Kier molecular flexibility index (Phi) is 8.82. The monoisotopic (exact) mass is 618 g/mol. The third kappa shape index (κ3) is 6.84. The average molecular weight is 619 g/mol. The molecule has 1 saturated heterocycles. The van der Waals surface area contributed by atoms with Crippen molar-refractivity contribution in [3.63, 3.8) is 0 Å². The molecule has 6 rings (SSSR count). The van der Waals surface area contributed by atoms with Crippen LogP contribution < -0.4 is 11.0 Å². The lowest BCUT2D eigenvalue weighted by molar-refractivity contribution is -0.137. The number of rotatable bonds is 10. The molecule has 0 atom stereocenters. The van der Waals surface area contributed by atoms with Gasteiger partial charge in [-0.05, 0) is 68.7 Å². The van der Waals surface area contributed by atoms with Crippen molar-refractivity contribution in [1.82, 2.24) is 24.2 Å². The fourth-order valence-electron chi connectivity index (χ4n) is 5.84. The summed E-state index contributed by atoms with van der Waals surface area (Å²) in [5.74, 6) is 1.25. The van der Waals surface area contributed by atoms with E-state index in [4.69, 9.17) is 9.84 Å². The number of ether oxygens (including phenoxy) is 1. The zero-order valence-corrected chi connectivity index (χ0v) is 25.4. The van der Waals surface area contributed by atoms with Crippen molar-refractivity contribution in [3.8, 4) is 11.4 Å². The van der Waals surface area contributed by atoms with E-state index in [9.17, 15) is 18.0 Å². The summed E-state index contributed by atoms with van der Waals surface area (Å²) in [6.07, 6.45) is -2.86. The maximum Gasteiger partial charge on any atom is 0.416 e. The lowest BCUT2D eigenvalue weighted by atomic mass is 10.1. The molecule has 3 heterocycles. The van der Waals surface area contributed by atoms with Gasteiger partial charge in [0.15, 0.2) is 0 Å². The number of hydrogen-bond donors (Lipinski definition) is 2. The lowest BCUT2D eigenvalue weighted by Crippen LogP contribution is -2.37. The average Bonchev–Trinajstić information content (AvgIpc) is 3.55. The summed E-state index contributed by atoms with van der Waals surface area (Å²) in [6.45, 7) is 8.33. The van der Waals surface area contributed by atoms with Crippen LogP contribution in [0.1, 0.15) is 36.4 Å². The molecule has 0 radical (unpaired) electrons. The van der Waals surface area contributed by atoms with Gasteiger partial charge in [-0.25, -0.2) is 9.36 Å². The summed E-state index contributed by atoms with van der Waals surface area (Å²) < 4.78 is 49.0. The molecule has 0 spiro atoms. The van der Waals surface area contributed by atoms with E-state index in [1.54, 1.807) is 0 Å². The quantitative estimate of drug-likeness (QED) is 0.201. The number of hydrogen-bond acceptors (Lipinski definition) is 5. The Hall–Kier alpha value is -4.35. The van der Waals surface area contributed by atoms with Crippen LogP contribution in [0.2, 0.25) is 0 Å². The van der Waals surface area contributed by atoms with Crippen LogP contribution in [0.25, 0.3) is 22.3 Å². The molecule has 0 saturated carbocycles. The van der Waals surface area contributed by atoms with Crippen LogP contribution in [0.3, 0.4) is 0 Å². The predicted molar refractivity (Wildman–Crippen MR) is 170 cm³/mol. The zero-order valence-electron chi connectivity index (χ0n) is 25.4. The second-order valence-electron chi connectivity index (χ2n) is 11.7. The standard InChI is InChI=1S/C34H37F3N6O2/c1-23(2)38-32-29(28-8-3-4-9-30(28)39-32)14-15-31-40-43(33(44)42(31)27-7-5-6-25(22-27)34(35,36)37)26-12-10-24(11-13-26)16-17-41-18-20-45-21-19-41/h3-13,22-23,38-39H,14-21H2,1-2H3. The van der Waals surface area contributed by atoms with Gasteiger partial charge < -0.3 is 15.0 Å². The van der Waals surface area contributed by atoms with E-state index in [1.165, 1.54) is 21.4 Å². The molecule has 236 valence electrons. The number of morpholine rings is 1. The van der Waals surface area contributed by atoms with Crippen molar-refractivity contribution < 1.29 is 17.9 Å². The molecular weight excluding hydrogens is 581 g/mol. The van der Waals surface area contributed by atoms with Gasteiger partial charge in [0.25, 0.3) is 0 Å². The van der Waals surface area contributed by atoms with Gasteiger partial charge in [0, 0.05) is 48.6 Å². The Morgan fingerprint density at radius 3 is 2.42 bits per heavy atom. The molecule has 3 aromatic carbocycles. The van der Waals surface area contributed by atoms with Crippen molar-refractivity contribution in [1.29, 1.82) is 0 Å². The number of fused-ring (bicyclic) bond motifs is 1. The third-order valence-electron chi connectivity index (χ3n) is 8.12. The first-order valence-electron chi connectivity index (χ1n) is 15.3. The predicted octanol–water partition coefficient (Wildman–Crippen LogP) is 6.00. The smallest absolute Gasteiger partial charge is 0.379 e. The molecule has 0 unspecified atom stereocenters. The fourth-order valence-corrected chi connectivity index (χ4v) is 5.84. The Morgan fingerprint density at radius 2 is 1.69 bits per heavy atom. The normalized spacial score (nSPS) is 14.4. The van der Waals surface area contributed by atoms with Gasteiger partial charge in [0.1, 0.15) is 11.6 Å². The van der Waals surface area contributed by atoms with Crippen molar-refractivity contribution in [2.24, 2.45) is 0 Å². The highest BCUT2D eigenvalue weighted by Gasteiger charge is 2.31. The highest BCUT2D eigenvalue weighted by atomic mass is 19.4. The number of benzene rings is 3. The molecule has 1 aliphatic heterocycles.